The molecule has 33 heavy (non-hydrogen) atoms. The molecule has 3 aromatic rings. The normalized spacial score (nSPS) is 22.0. The summed E-state index contributed by atoms with van der Waals surface area (Å²) in [5.41, 5.74) is 2.05. The largest absolute Gasteiger partial charge is 0.497 e. The van der Waals surface area contributed by atoms with Crippen LogP contribution in [-0.2, 0) is 14.4 Å². The SMILES string of the molecule is COc1cccc(N2C(=O)[C@@H]3[C@H](ON(c4ccccc4)[C@H]3c3ccc(OC)c(Br)c3)C2=O)c1. The smallest absolute Gasteiger partial charge is 0.266 e. The molecule has 0 saturated carbocycles. The molecule has 2 heterocycles. The van der Waals surface area contributed by atoms with Gasteiger partial charge in [0.1, 0.15) is 17.4 Å². The molecule has 3 atom stereocenters. The summed E-state index contributed by atoms with van der Waals surface area (Å²) in [6.45, 7) is 0. The van der Waals surface area contributed by atoms with Gasteiger partial charge in [0.25, 0.3) is 5.91 Å². The first-order valence-corrected chi connectivity index (χ1v) is 11.2. The number of hydroxylamine groups is 1. The fourth-order valence-corrected chi connectivity index (χ4v) is 4.98. The van der Waals surface area contributed by atoms with Gasteiger partial charge >= 0.3 is 0 Å². The first-order valence-electron chi connectivity index (χ1n) is 10.4. The van der Waals surface area contributed by atoms with E-state index >= 15 is 0 Å². The van der Waals surface area contributed by atoms with Crippen LogP contribution < -0.4 is 19.4 Å². The number of methoxy groups -OCH3 is 2. The van der Waals surface area contributed by atoms with E-state index in [1.807, 2.05) is 48.5 Å². The third-order valence-corrected chi connectivity index (χ3v) is 6.57. The predicted molar refractivity (Wildman–Crippen MR) is 126 cm³/mol. The predicted octanol–water partition coefficient (Wildman–Crippen LogP) is 4.52. The molecule has 0 bridgehead atoms. The molecule has 2 saturated heterocycles. The average molecular weight is 509 g/mol. The van der Waals surface area contributed by atoms with E-state index in [-0.39, 0.29) is 5.91 Å². The number of para-hydroxylation sites is 1. The molecule has 0 spiro atoms. The minimum atomic E-state index is -0.935. The molecule has 7 nitrogen and oxygen atoms in total. The van der Waals surface area contributed by atoms with E-state index in [1.165, 1.54) is 4.90 Å². The zero-order chi connectivity index (χ0) is 23.1. The van der Waals surface area contributed by atoms with Gasteiger partial charge in [0, 0.05) is 6.07 Å². The van der Waals surface area contributed by atoms with E-state index in [9.17, 15) is 9.59 Å². The monoisotopic (exact) mass is 508 g/mol. The Kier molecular flexibility index (Phi) is 5.55. The van der Waals surface area contributed by atoms with Crippen LogP contribution in [0.5, 0.6) is 11.5 Å². The fourth-order valence-electron chi connectivity index (χ4n) is 4.42. The van der Waals surface area contributed by atoms with Crippen molar-refractivity contribution in [2.45, 2.75) is 12.1 Å². The van der Waals surface area contributed by atoms with Crippen LogP contribution in [0.2, 0.25) is 0 Å². The lowest BCUT2D eigenvalue weighted by molar-refractivity contribution is -0.126. The minimum absolute atomic E-state index is 0.311. The van der Waals surface area contributed by atoms with Gasteiger partial charge in [-0.05, 0) is 57.9 Å². The van der Waals surface area contributed by atoms with Crippen molar-refractivity contribution in [3.05, 3.63) is 82.8 Å². The van der Waals surface area contributed by atoms with Crippen molar-refractivity contribution in [3.8, 4) is 11.5 Å². The Morgan fingerprint density at radius 1 is 0.848 bits per heavy atom. The van der Waals surface area contributed by atoms with Gasteiger partial charge in [-0.2, -0.15) is 0 Å². The van der Waals surface area contributed by atoms with Crippen molar-refractivity contribution in [1.82, 2.24) is 0 Å². The van der Waals surface area contributed by atoms with Crippen LogP contribution in [0.3, 0.4) is 0 Å². The van der Waals surface area contributed by atoms with Crippen LogP contribution in [0.4, 0.5) is 11.4 Å². The Morgan fingerprint density at radius 2 is 1.61 bits per heavy atom. The van der Waals surface area contributed by atoms with Crippen LogP contribution in [0.25, 0.3) is 0 Å². The van der Waals surface area contributed by atoms with E-state index in [0.717, 1.165) is 15.7 Å². The van der Waals surface area contributed by atoms with Crippen LogP contribution >= 0.6 is 15.9 Å². The average Bonchev–Trinajstić information content (AvgIpc) is 3.35. The number of carbonyl (C=O) groups is 2. The van der Waals surface area contributed by atoms with Gasteiger partial charge in [-0.3, -0.25) is 14.4 Å². The van der Waals surface area contributed by atoms with Crippen LogP contribution in [0.15, 0.2) is 77.3 Å². The molecule has 168 valence electrons. The summed E-state index contributed by atoms with van der Waals surface area (Å²) >= 11 is 3.53. The maximum atomic E-state index is 13.7. The van der Waals surface area contributed by atoms with Crippen molar-refractivity contribution in [2.75, 3.05) is 24.2 Å². The molecular weight excluding hydrogens is 488 g/mol. The molecule has 0 radical (unpaired) electrons. The third-order valence-electron chi connectivity index (χ3n) is 5.95. The third kappa shape index (κ3) is 3.55. The molecule has 2 aliphatic heterocycles. The number of halogens is 1. The Hall–Kier alpha value is -3.36. The maximum absolute atomic E-state index is 13.7. The molecule has 2 aliphatic rings. The molecule has 0 aromatic heterocycles. The lowest BCUT2D eigenvalue weighted by Crippen LogP contribution is -2.37. The highest BCUT2D eigenvalue weighted by Gasteiger charge is 2.60. The van der Waals surface area contributed by atoms with Crippen molar-refractivity contribution in [2.24, 2.45) is 5.92 Å². The number of carbonyl (C=O) groups excluding carboxylic acids is 2. The number of benzene rings is 3. The van der Waals surface area contributed by atoms with Gasteiger partial charge < -0.3 is 9.47 Å². The minimum Gasteiger partial charge on any atom is -0.497 e. The number of hydrogen-bond donors (Lipinski definition) is 0. The lowest BCUT2D eigenvalue weighted by atomic mass is 9.90. The van der Waals surface area contributed by atoms with Crippen molar-refractivity contribution < 1.29 is 23.9 Å². The molecule has 8 heteroatoms. The Morgan fingerprint density at radius 3 is 2.30 bits per heavy atom. The molecule has 3 aromatic carbocycles. The summed E-state index contributed by atoms with van der Waals surface area (Å²) in [4.78, 5) is 34.5. The van der Waals surface area contributed by atoms with E-state index in [4.69, 9.17) is 14.3 Å². The zero-order valence-corrected chi connectivity index (χ0v) is 19.6. The number of nitrogens with zero attached hydrogens (tertiary/aromatic N) is 2. The quantitative estimate of drug-likeness (QED) is 0.472. The standard InChI is InChI=1S/C25H21BrN2O5/c1-31-18-10-6-9-17(14-18)27-24(29)21-22(15-11-12-20(32-2)19(26)13-15)28(33-23(21)25(27)30)16-7-4-3-5-8-16/h3-14,21-23H,1-2H3/t21-,22-,23-/m0/s1. The van der Waals surface area contributed by atoms with Crippen molar-refractivity contribution >= 4 is 39.1 Å². The second-order valence-electron chi connectivity index (χ2n) is 7.77. The van der Waals surface area contributed by atoms with Crippen LogP contribution in [0, 0.1) is 5.92 Å². The molecule has 2 fully saturated rings. The van der Waals surface area contributed by atoms with Gasteiger partial charge in [0.05, 0.1) is 36.1 Å². The highest BCUT2D eigenvalue weighted by Crippen LogP contribution is 2.48. The summed E-state index contributed by atoms with van der Waals surface area (Å²) in [6.07, 6.45) is -0.935. The number of rotatable bonds is 5. The van der Waals surface area contributed by atoms with Gasteiger partial charge in [-0.1, -0.05) is 30.3 Å². The fraction of sp³-hybridized carbons (Fsp3) is 0.200. The summed E-state index contributed by atoms with van der Waals surface area (Å²) in [6, 6.07) is 21.5. The highest BCUT2D eigenvalue weighted by molar-refractivity contribution is 9.10. The number of anilines is 2. The van der Waals surface area contributed by atoms with Gasteiger partial charge in [-0.15, -0.1) is 0 Å². The van der Waals surface area contributed by atoms with E-state index in [1.54, 1.807) is 43.5 Å². The van der Waals surface area contributed by atoms with E-state index < -0.39 is 24.0 Å². The second-order valence-corrected chi connectivity index (χ2v) is 8.62. The first kappa shape index (κ1) is 21.5. The molecule has 0 aliphatic carbocycles. The molecule has 0 unspecified atom stereocenters. The number of imide groups is 1. The first-order chi connectivity index (χ1) is 16.0. The number of hydrogen-bond acceptors (Lipinski definition) is 6. The molecule has 0 N–H and O–H groups in total. The van der Waals surface area contributed by atoms with Gasteiger partial charge in [-0.25, -0.2) is 9.96 Å². The molecule has 5 rings (SSSR count). The number of ether oxygens (including phenoxy) is 2. The number of amides is 2. The van der Waals surface area contributed by atoms with Gasteiger partial charge in [0.2, 0.25) is 5.91 Å². The molecule has 2 amide bonds. The zero-order valence-electron chi connectivity index (χ0n) is 18.0. The highest BCUT2D eigenvalue weighted by atomic mass is 79.9. The summed E-state index contributed by atoms with van der Waals surface area (Å²) in [7, 11) is 3.13. The van der Waals surface area contributed by atoms with E-state index in [2.05, 4.69) is 15.9 Å². The Bertz CT molecular complexity index is 1220. The lowest BCUT2D eigenvalue weighted by Gasteiger charge is -2.29. The summed E-state index contributed by atoms with van der Waals surface area (Å²) in [5, 5.41) is 1.67. The maximum Gasteiger partial charge on any atom is 0.266 e. The summed E-state index contributed by atoms with van der Waals surface area (Å²) in [5.74, 6) is -0.188. The summed E-state index contributed by atoms with van der Waals surface area (Å²) < 4.78 is 11.4. The van der Waals surface area contributed by atoms with Crippen LogP contribution in [0.1, 0.15) is 11.6 Å². The second kappa shape index (κ2) is 8.53. The van der Waals surface area contributed by atoms with Gasteiger partial charge in [0.15, 0.2) is 6.10 Å². The van der Waals surface area contributed by atoms with E-state index in [0.29, 0.717) is 17.2 Å². The van der Waals surface area contributed by atoms with Crippen molar-refractivity contribution in [1.29, 1.82) is 0 Å². The topological polar surface area (TPSA) is 68.3 Å². The number of fused-ring (bicyclic) bond motifs is 1. The van der Waals surface area contributed by atoms with Crippen molar-refractivity contribution in [3.63, 3.8) is 0 Å². The Balaban J connectivity index is 1.59. The molecular formula is C25H21BrN2O5. The van der Waals surface area contributed by atoms with Crippen LogP contribution in [-0.4, -0.2) is 32.1 Å². The Labute approximate surface area is 199 Å².